The van der Waals surface area contributed by atoms with Crippen molar-refractivity contribution in [1.82, 2.24) is 10.2 Å². The van der Waals surface area contributed by atoms with Gasteiger partial charge in [0.05, 0.1) is 17.2 Å². The maximum Gasteiger partial charge on any atom is 0.253 e. The molecule has 1 saturated carbocycles. The first kappa shape index (κ1) is 18.2. The van der Waals surface area contributed by atoms with Crippen LogP contribution in [0.15, 0.2) is 54.6 Å². The van der Waals surface area contributed by atoms with E-state index in [1.807, 2.05) is 30.3 Å². The number of nitrogens with zero attached hydrogens (tertiary/aromatic N) is 1. The van der Waals surface area contributed by atoms with Gasteiger partial charge in [-0.3, -0.25) is 14.4 Å². The van der Waals surface area contributed by atoms with Crippen molar-refractivity contribution in [2.24, 2.45) is 5.92 Å². The summed E-state index contributed by atoms with van der Waals surface area (Å²) in [4.78, 5) is 39.2. The number of hydrogen-bond acceptors (Lipinski definition) is 3. The normalized spacial score (nSPS) is 18.8. The molecule has 2 aromatic rings. The predicted molar refractivity (Wildman–Crippen MR) is 106 cm³/mol. The van der Waals surface area contributed by atoms with Crippen molar-refractivity contribution < 1.29 is 14.4 Å². The number of likely N-dealkylation sites (tertiary alicyclic amines) is 1. The third-order valence-electron chi connectivity index (χ3n) is 5.14. The molecule has 0 radical (unpaired) electrons. The average Bonchev–Trinajstić information content (AvgIpc) is 3.44. The number of para-hydroxylation sites is 1. The van der Waals surface area contributed by atoms with Crippen LogP contribution in [-0.4, -0.2) is 35.2 Å². The quantitative estimate of drug-likeness (QED) is 0.812. The number of carbonyl (C=O) groups excluding carboxylic acids is 3. The Morgan fingerprint density at radius 1 is 1.00 bits per heavy atom. The monoisotopic (exact) mass is 377 g/mol. The molecule has 4 rings (SSSR count). The molecule has 1 atom stereocenters. The number of nitrogens with one attached hydrogen (secondary N) is 2. The number of benzene rings is 2. The van der Waals surface area contributed by atoms with E-state index in [1.54, 1.807) is 29.2 Å². The van der Waals surface area contributed by atoms with Crippen LogP contribution >= 0.6 is 0 Å². The highest BCUT2D eigenvalue weighted by molar-refractivity contribution is 6.05. The Bertz CT molecular complexity index is 893. The van der Waals surface area contributed by atoms with E-state index >= 15 is 0 Å². The highest BCUT2D eigenvalue weighted by atomic mass is 16.2. The van der Waals surface area contributed by atoms with Gasteiger partial charge in [-0.2, -0.15) is 0 Å². The number of rotatable bonds is 6. The van der Waals surface area contributed by atoms with Gasteiger partial charge in [0.15, 0.2) is 0 Å². The first-order chi connectivity index (χ1) is 13.6. The molecule has 2 N–H and O–H groups in total. The smallest absolute Gasteiger partial charge is 0.253 e. The fraction of sp³-hybridized carbons (Fsp3) is 0.318. The van der Waals surface area contributed by atoms with Crippen molar-refractivity contribution >= 4 is 23.4 Å². The maximum atomic E-state index is 12.7. The van der Waals surface area contributed by atoms with Crippen LogP contribution in [0.25, 0.3) is 0 Å². The summed E-state index contributed by atoms with van der Waals surface area (Å²) in [6, 6.07) is 17.0. The van der Waals surface area contributed by atoms with E-state index in [-0.39, 0.29) is 30.2 Å². The van der Waals surface area contributed by atoms with E-state index in [2.05, 4.69) is 10.6 Å². The zero-order chi connectivity index (χ0) is 19.5. The molecule has 1 aliphatic carbocycles. The number of amides is 3. The fourth-order valence-corrected chi connectivity index (χ4v) is 3.42. The molecule has 0 bridgehead atoms. The van der Waals surface area contributed by atoms with E-state index < -0.39 is 5.92 Å². The summed E-state index contributed by atoms with van der Waals surface area (Å²) in [5.41, 5.74) is 1.98. The lowest BCUT2D eigenvalue weighted by Gasteiger charge is -2.17. The number of anilines is 1. The van der Waals surface area contributed by atoms with Gasteiger partial charge in [0.2, 0.25) is 11.8 Å². The summed E-state index contributed by atoms with van der Waals surface area (Å²) >= 11 is 0. The second kappa shape index (κ2) is 7.84. The van der Waals surface area contributed by atoms with Crippen molar-refractivity contribution in [3.63, 3.8) is 0 Å². The van der Waals surface area contributed by atoms with Gasteiger partial charge < -0.3 is 15.5 Å². The Morgan fingerprint density at radius 2 is 1.71 bits per heavy atom. The zero-order valence-electron chi connectivity index (χ0n) is 15.6. The van der Waals surface area contributed by atoms with Crippen LogP contribution in [0, 0.1) is 5.92 Å². The van der Waals surface area contributed by atoms with Gasteiger partial charge in [0, 0.05) is 25.6 Å². The Balaban J connectivity index is 1.40. The second-order valence-electron chi connectivity index (χ2n) is 7.44. The molecule has 2 aliphatic rings. The van der Waals surface area contributed by atoms with Crippen LogP contribution in [0.2, 0.25) is 0 Å². The molecule has 2 aromatic carbocycles. The van der Waals surface area contributed by atoms with Crippen LogP contribution in [0.1, 0.15) is 35.2 Å². The lowest BCUT2D eigenvalue weighted by Crippen LogP contribution is -2.30. The molecule has 28 heavy (non-hydrogen) atoms. The summed E-state index contributed by atoms with van der Waals surface area (Å²) in [5.74, 6) is -0.846. The first-order valence-corrected chi connectivity index (χ1v) is 9.62. The predicted octanol–water partition coefficient (Wildman–Crippen LogP) is 2.57. The fourth-order valence-electron chi connectivity index (χ4n) is 3.42. The van der Waals surface area contributed by atoms with E-state index in [0.29, 0.717) is 24.3 Å². The Hall–Kier alpha value is -3.15. The van der Waals surface area contributed by atoms with Gasteiger partial charge in [-0.15, -0.1) is 0 Å². The standard InChI is InChI=1S/C22H23N3O3/c26-20-12-16(14-25(20)13-15-6-2-1-3-7-15)21(27)24-19-9-5-4-8-18(19)22(28)23-17-10-11-17/h1-9,16-17H,10-14H2,(H,23,28)(H,24,27)/t16-/m0/s1. The van der Waals surface area contributed by atoms with Gasteiger partial charge >= 0.3 is 0 Å². The molecule has 3 amide bonds. The van der Waals surface area contributed by atoms with E-state index in [4.69, 9.17) is 0 Å². The van der Waals surface area contributed by atoms with Crippen LogP contribution in [0.3, 0.4) is 0 Å². The highest BCUT2D eigenvalue weighted by Crippen LogP contribution is 2.24. The summed E-state index contributed by atoms with van der Waals surface area (Å²) in [7, 11) is 0. The van der Waals surface area contributed by atoms with Gasteiger partial charge in [0.1, 0.15) is 0 Å². The van der Waals surface area contributed by atoms with Gasteiger partial charge in [-0.1, -0.05) is 42.5 Å². The third kappa shape index (κ3) is 4.22. The van der Waals surface area contributed by atoms with Crippen molar-refractivity contribution in [3.05, 3.63) is 65.7 Å². The van der Waals surface area contributed by atoms with Crippen LogP contribution in [-0.2, 0) is 16.1 Å². The topological polar surface area (TPSA) is 78.5 Å². The third-order valence-corrected chi connectivity index (χ3v) is 5.14. The van der Waals surface area contributed by atoms with Gasteiger partial charge in [0.25, 0.3) is 5.91 Å². The summed E-state index contributed by atoms with van der Waals surface area (Å²) in [6.07, 6.45) is 2.19. The largest absolute Gasteiger partial charge is 0.349 e. The van der Waals surface area contributed by atoms with E-state index in [0.717, 1.165) is 18.4 Å². The Labute approximate surface area is 163 Å². The number of hydrogen-bond donors (Lipinski definition) is 2. The molecule has 0 unspecified atom stereocenters. The minimum atomic E-state index is -0.421. The van der Waals surface area contributed by atoms with Crippen molar-refractivity contribution in [3.8, 4) is 0 Å². The lowest BCUT2D eigenvalue weighted by molar-refractivity contribution is -0.128. The van der Waals surface area contributed by atoms with E-state index in [1.165, 1.54) is 0 Å². The minimum Gasteiger partial charge on any atom is -0.349 e. The molecule has 1 aliphatic heterocycles. The summed E-state index contributed by atoms with van der Waals surface area (Å²) < 4.78 is 0. The van der Waals surface area contributed by atoms with Crippen molar-refractivity contribution in [2.45, 2.75) is 31.8 Å². The minimum absolute atomic E-state index is 0.0243. The molecule has 0 aromatic heterocycles. The summed E-state index contributed by atoms with van der Waals surface area (Å²) in [6.45, 7) is 0.889. The molecular weight excluding hydrogens is 354 g/mol. The summed E-state index contributed by atoms with van der Waals surface area (Å²) in [5, 5.41) is 5.80. The number of carbonyl (C=O) groups is 3. The first-order valence-electron chi connectivity index (χ1n) is 9.62. The molecule has 6 heteroatoms. The second-order valence-corrected chi connectivity index (χ2v) is 7.44. The van der Waals surface area contributed by atoms with Gasteiger partial charge in [-0.25, -0.2) is 0 Å². The van der Waals surface area contributed by atoms with Gasteiger partial charge in [-0.05, 0) is 30.5 Å². The van der Waals surface area contributed by atoms with Crippen LogP contribution in [0.4, 0.5) is 5.69 Å². The molecular formula is C22H23N3O3. The average molecular weight is 377 g/mol. The lowest BCUT2D eigenvalue weighted by atomic mass is 10.1. The zero-order valence-corrected chi connectivity index (χ0v) is 15.6. The van der Waals surface area contributed by atoms with Crippen LogP contribution < -0.4 is 10.6 Å². The molecule has 1 heterocycles. The molecule has 1 saturated heterocycles. The van der Waals surface area contributed by atoms with Crippen LogP contribution in [0.5, 0.6) is 0 Å². The molecule has 144 valence electrons. The van der Waals surface area contributed by atoms with E-state index in [9.17, 15) is 14.4 Å². The maximum absolute atomic E-state index is 12.7. The molecule has 6 nitrogen and oxygen atoms in total. The van der Waals surface area contributed by atoms with Crippen molar-refractivity contribution in [2.75, 3.05) is 11.9 Å². The highest BCUT2D eigenvalue weighted by Gasteiger charge is 2.34. The molecule has 2 fully saturated rings. The molecule has 0 spiro atoms. The SMILES string of the molecule is O=C(NC1CC1)c1ccccc1NC(=O)[C@H]1CC(=O)N(Cc2ccccc2)C1. The Morgan fingerprint density at radius 3 is 2.46 bits per heavy atom. The van der Waals surface area contributed by atoms with Crippen molar-refractivity contribution in [1.29, 1.82) is 0 Å². The Kier molecular flexibility index (Phi) is 5.10.